The highest BCUT2D eigenvalue weighted by Gasteiger charge is 2.05. The first-order valence-electron chi connectivity index (χ1n) is 4.92. The van der Waals surface area contributed by atoms with Crippen LogP contribution in [0.25, 0.3) is 10.2 Å². The van der Waals surface area contributed by atoms with Crippen LogP contribution in [0.1, 0.15) is 5.56 Å². The SMILES string of the molecule is CNCc1ccc2sc(N(C)C)nc2c1. The number of aromatic nitrogens is 1. The first kappa shape index (κ1) is 10.4. The van der Waals surface area contributed by atoms with Crippen molar-refractivity contribution in [3.8, 4) is 0 Å². The maximum Gasteiger partial charge on any atom is 0.185 e. The Bertz CT molecular complexity index is 462. The largest absolute Gasteiger partial charge is 0.354 e. The Morgan fingerprint density at radius 3 is 2.87 bits per heavy atom. The minimum atomic E-state index is 0.894. The average molecular weight is 221 g/mol. The van der Waals surface area contributed by atoms with Crippen molar-refractivity contribution >= 4 is 26.7 Å². The Morgan fingerprint density at radius 1 is 1.40 bits per heavy atom. The molecular weight excluding hydrogens is 206 g/mol. The summed E-state index contributed by atoms with van der Waals surface area (Å²) in [6.07, 6.45) is 0. The van der Waals surface area contributed by atoms with E-state index in [-0.39, 0.29) is 0 Å². The highest BCUT2D eigenvalue weighted by Crippen LogP contribution is 2.27. The summed E-state index contributed by atoms with van der Waals surface area (Å²) in [7, 11) is 5.99. The standard InChI is InChI=1S/C11H15N3S/c1-12-7-8-4-5-10-9(6-8)13-11(15-10)14(2)3/h4-6,12H,7H2,1-3H3. The van der Waals surface area contributed by atoms with Gasteiger partial charge in [0.25, 0.3) is 0 Å². The van der Waals surface area contributed by atoms with Gasteiger partial charge in [-0.05, 0) is 24.7 Å². The lowest BCUT2D eigenvalue weighted by molar-refractivity contribution is 0.819. The predicted molar refractivity (Wildman–Crippen MR) is 66.7 cm³/mol. The van der Waals surface area contributed by atoms with E-state index in [1.54, 1.807) is 11.3 Å². The third kappa shape index (κ3) is 2.11. The number of hydrogen-bond acceptors (Lipinski definition) is 4. The minimum Gasteiger partial charge on any atom is -0.354 e. The van der Waals surface area contributed by atoms with Crippen LogP contribution >= 0.6 is 11.3 Å². The second-order valence-corrected chi connectivity index (χ2v) is 4.73. The smallest absolute Gasteiger partial charge is 0.185 e. The molecule has 1 aromatic heterocycles. The van der Waals surface area contributed by atoms with Gasteiger partial charge in [-0.1, -0.05) is 17.4 Å². The van der Waals surface area contributed by atoms with Gasteiger partial charge < -0.3 is 10.2 Å². The molecule has 15 heavy (non-hydrogen) atoms. The molecule has 2 aromatic rings. The van der Waals surface area contributed by atoms with E-state index < -0.39 is 0 Å². The van der Waals surface area contributed by atoms with Crippen LogP contribution in [0.15, 0.2) is 18.2 Å². The van der Waals surface area contributed by atoms with Crippen LogP contribution in [0, 0.1) is 0 Å². The van der Waals surface area contributed by atoms with Gasteiger partial charge in [0.15, 0.2) is 5.13 Å². The van der Waals surface area contributed by atoms with Crippen molar-refractivity contribution in [2.24, 2.45) is 0 Å². The first-order valence-corrected chi connectivity index (χ1v) is 5.74. The molecule has 0 spiro atoms. The van der Waals surface area contributed by atoms with E-state index in [9.17, 15) is 0 Å². The van der Waals surface area contributed by atoms with E-state index >= 15 is 0 Å². The molecule has 0 saturated heterocycles. The van der Waals surface area contributed by atoms with E-state index in [2.05, 4.69) is 28.5 Å². The zero-order chi connectivity index (χ0) is 10.8. The molecule has 0 saturated carbocycles. The van der Waals surface area contributed by atoms with Crippen molar-refractivity contribution < 1.29 is 0 Å². The summed E-state index contributed by atoms with van der Waals surface area (Å²) in [4.78, 5) is 6.62. The summed E-state index contributed by atoms with van der Waals surface area (Å²) in [5.41, 5.74) is 2.37. The molecule has 0 atom stereocenters. The molecule has 3 nitrogen and oxygen atoms in total. The van der Waals surface area contributed by atoms with Crippen LogP contribution in [-0.2, 0) is 6.54 Å². The summed E-state index contributed by atoms with van der Waals surface area (Å²) >= 11 is 1.73. The third-order valence-electron chi connectivity index (χ3n) is 2.20. The summed E-state index contributed by atoms with van der Waals surface area (Å²) in [6, 6.07) is 6.44. The molecule has 4 heteroatoms. The average Bonchev–Trinajstić information content (AvgIpc) is 2.61. The Hall–Kier alpha value is -1.13. The maximum atomic E-state index is 4.57. The summed E-state index contributed by atoms with van der Waals surface area (Å²) in [6.45, 7) is 0.894. The Kier molecular flexibility index (Phi) is 2.88. The van der Waals surface area contributed by atoms with Crippen molar-refractivity contribution in [2.75, 3.05) is 26.0 Å². The van der Waals surface area contributed by atoms with Crippen LogP contribution in [0.5, 0.6) is 0 Å². The van der Waals surface area contributed by atoms with Crippen LogP contribution in [0.3, 0.4) is 0 Å². The molecule has 0 aliphatic rings. The van der Waals surface area contributed by atoms with E-state index in [0.717, 1.165) is 17.2 Å². The summed E-state index contributed by atoms with van der Waals surface area (Å²) in [5, 5.41) is 4.21. The number of nitrogens with one attached hydrogen (secondary N) is 1. The second-order valence-electron chi connectivity index (χ2n) is 3.72. The number of thiazole rings is 1. The highest BCUT2D eigenvalue weighted by molar-refractivity contribution is 7.22. The van der Waals surface area contributed by atoms with Crippen molar-refractivity contribution in [2.45, 2.75) is 6.54 Å². The Labute approximate surface area is 93.7 Å². The molecule has 80 valence electrons. The minimum absolute atomic E-state index is 0.894. The number of benzene rings is 1. The van der Waals surface area contributed by atoms with Gasteiger partial charge in [-0.15, -0.1) is 0 Å². The topological polar surface area (TPSA) is 28.2 Å². The molecule has 1 aromatic carbocycles. The lowest BCUT2D eigenvalue weighted by Crippen LogP contribution is -2.07. The van der Waals surface area contributed by atoms with E-state index in [1.165, 1.54) is 10.3 Å². The lowest BCUT2D eigenvalue weighted by Gasteiger charge is -2.04. The zero-order valence-electron chi connectivity index (χ0n) is 9.24. The van der Waals surface area contributed by atoms with Gasteiger partial charge in [0.05, 0.1) is 10.2 Å². The number of fused-ring (bicyclic) bond motifs is 1. The molecule has 1 N–H and O–H groups in total. The van der Waals surface area contributed by atoms with E-state index in [0.29, 0.717) is 0 Å². The molecule has 0 radical (unpaired) electrons. The second kappa shape index (κ2) is 4.16. The fourth-order valence-corrected chi connectivity index (χ4v) is 2.33. The highest BCUT2D eigenvalue weighted by atomic mass is 32.1. The fraction of sp³-hybridized carbons (Fsp3) is 0.364. The van der Waals surface area contributed by atoms with Crippen LogP contribution in [0.4, 0.5) is 5.13 Å². The monoisotopic (exact) mass is 221 g/mol. The first-order chi connectivity index (χ1) is 7.20. The molecule has 0 unspecified atom stereocenters. The maximum absolute atomic E-state index is 4.57. The quantitative estimate of drug-likeness (QED) is 0.860. The van der Waals surface area contributed by atoms with Gasteiger partial charge in [-0.3, -0.25) is 0 Å². The summed E-state index contributed by atoms with van der Waals surface area (Å²) < 4.78 is 1.25. The van der Waals surface area contributed by atoms with E-state index in [1.807, 2.05) is 26.0 Å². The third-order valence-corrected chi connectivity index (χ3v) is 3.41. The molecule has 1 heterocycles. The van der Waals surface area contributed by atoms with Crippen molar-refractivity contribution in [1.29, 1.82) is 0 Å². The Morgan fingerprint density at radius 2 is 2.20 bits per heavy atom. The number of nitrogens with zero attached hydrogens (tertiary/aromatic N) is 2. The molecule has 2 rings (SSSR count). The van der Waals surface area contributed by atoms with Gasteiger partial charge in [0.2, 0.25) is 0 Å². The lowest BCUT2D eigenvalue weighted by atomic mass is 10.2. The van der Waals surface area contributed by atoms with Crippen LogP contribution in [0.2, 0.25) is 0 Å². The zero-order valence-corrected chi connectivity index (χ0v) is 10.1. The number of rotatable bonds is 3. The molecule has 0 bridgehead atoms. The van der Waals surface area contributed by atoms with E-state index in [4.69, 9.17) is 0 Å². The van der Waals surface area contributed by atoms with Gasteiger partial charge in [0.1, 0.15) is 0 Å². The van der Waals surface area contributed by atoms with Gasteiger partial charge in [-0.25, -0.2) is 4.98 Å². The fourth-order valence-electron chi connectivity index (χ4n) is 1.47. The van der Waals surface area contributed by atoms with Gasteiger partial charge >= 0.3 is 0 Å². The number of hydrogen-bond donors (Lipinski definition) is 1. The van der Waals surface area contributed by atoms with Gasteiger partial charge in [-0.2, -0.15) is 0 Å². The van der Waals surface area contributed by atoms with Crippen molar-refractivity contribution in [1.82, 2.24) is 10.3 Å². The van der Waals surface area contributed by atoms with Crippen LogP contribution in [-0.4, -0.2) is 26.1 Å². The van der Waals surface area contributed by atoms with Crippen molar-refractivity contribution in [3.63, 3.8) is 0 Å². The predicted octanol–water partition coefficient (Wildman–Crippen LogP) is 2.08. The molecule has 0 amide bonds. The van der Waals surface area contributed by atoms with Gasteiger partial charge in [0, 0.05) is 20.6 Å². The normalized spacial score (nSPS) is 10.9. The molecule has 0 aliphatic carbocycles. The molecule has 0 aliphatic heterocycles. The van der Waals surface area contributed by atoms with Crippen molar-refractivity contribution in [3.05, 3.63) is 23.8 Å². The molecular formula is C11H15N3S. The number of anilines is 1. The molecule has 0 fully saturated rings. The van der Waals surface area contributed by atoms with Crippen LogP contribution < -0.4 is 10.2 Å². The summed E-state index contributed by atoms with van der Waals surface area (Å²) in [5.74, 6) is 0. The Balaban J connectivity index is 2.43.